The minimum absolute atomic E-state index is 0.0238. The third-order valence-corrected chi connectivity index (χ3v) is 5.85. The lowest BCUT2D eigenvalue weighted by Crippen LogP contribution is -2.24. The topological polar surface area (TPSA) is 139 Å². The molecule has 0 spiro atoms. The number of phosphoric acid groups is 1. The highest BCUT2D eigenvalue weighted by molar-refractivity contribution is 7.47. The van der Waals surface area contributed by atoms with Gasteiger partial charge in [-0.3, -0.25) is 13.8 Å². The molecule has 174 valence electrons. The van der Waals surface area contributed by atoms with E-state index >= 15 is 0 Å². The van der Waals surface area contributed by atoms with Gasteiger partial charge in [0.15, 0.2) is 0 Å². The van der Waals surface area contributed by atoms with Crippen LogP contribution in [0.15, 0.2) is 0 Å². The van der Waals surface area contributed by atoms with Crippen molar-refractivity contribution in [3.05, 3.63) is 0 Å². The van der Waals surface area contributed by atoms with Crippen molar-refractivity contribution >= 4 is 13.8 Å². The summed E-state index contributed by atoms with van der Waals surface area (Å²) in [6.45, 7) is 1.69. The molecule has 0 heterocycles. The number of hydrogen-bond acceptors (Lipinski definition) is 6. The third kappa shape index (κ3) is 18.0. The van der Waals surface area contributed by atoms with E-state index in [0.29, 0.717) is 6.42 Å². The molecule has 8 nitrogen and oxygen atoms in total. The zero-order valence-electron chi connectivity index (χ0n) is 18.0. The van der Waals surface area contributed by atoms with E-state index < -0.39 is 32.4 Å². The Balaban J connectivity index is 3.86. The molecule has 0 aliphatic heterocycles. The van der Waals surface area contributed by atoms with Gasteiger partial charge >= 0.3 is 13.8 Å². The van der Waals surface area contributed by atoms with Crippen LogP contribution in [0.4, 0.5) is 0 Å². The first kappa shape index (κ1) is 28.5. The Kier molecular flexibility index (Phi) is 18.0. The van der Waals surface area contributed by atoms with Crippen molar-refractivity contribution in [2.24, 2.45) is 11.7 Å². The first-order chi connectivity index (χ1) is 13.8. The lowest BCUT2D eigenvalue weighted by molar-refractivity contribution is -0.143. The van der Waals surface area contributed by atoms with E-state index in [1.54, 1.807) is 0 Å². The fraction of sp³-hybridized carbons (Fsp3) is 0.950. The lowest BCUT2D eigenvalue weighted by atomic mass is 9.94. The van der Waals surface area contributed by atoms with Crippen molar-refractivity contribution in [3.63, 3.8) is 0 Å². The second-order valence-electron chi connectivity index (χ2n) is 7.64. The fourth-order valence-corrected chi connectivity index (χ4v) is 3.95. The number of phosphoric ester groups is 1. The van der Waals surface area contributed by atoms with Gasteiger partial charge in [0.05, 0.1) is 25.2 Å². The van der Waals surface area contributed by atoms with Gasteiger partial charge < -0.3 is 20.8 Å². The van der Waals surface area contributed by atoms with E-state index in [-0.39, 0.29) is 19.6 Å². The van der Waals surface area contributed by atoms with Crippen LogP contribution >= 0.6 is 7.82 Å². The molecule has 0 amide bonds. The molecular weight excluding hydrogens is 397 g/mol. The van der Waals surface area contributed by atoms with E-state index in [2.05, 4.69) is 16.0 Å². The maximum Gasteiger partial charge on any atom is 0.472 e. The zero-order chi connectivity index (χ0) is 22.0. The second-order valence-corrected chi connectivity index (χ2v) is 9.09. The Morgan fingerprint density at radius 2 is 1.48 bits per heavy atom. The summed E-state index contributed by atoms with van der Waals surface area (Å²) in [7, 11) is -4.27. The predicted molar refractivity (Wildman–Crippen MR) is 114 cm³/mol. The highest BCUT2D eigenvalue weighted by Crippen LogP contribution is 2.43. The molecule has 0 radical (unpaired) electrons. The Hall–Kier alpha value is -0.500. The number of aliphatic carboxylic acids is 1. The van der Waals surface area contributed by atoms with Crippen molar-refractivity contribution in [1.82, 2.24) is 0 Å². The zero-order valence-corrected chi connectivity index (χ0v) is 18.9. The van der Waals surface area contributed by atoms with Crippen LogP contribution in [0.2, 0.25) is 0 Å². The molecule has 3 atom stereocenters. The van der Waals surface area contributed by atoms with Crippen molar-refractivity contribution in [2.45, 2.75) is 96.5 Å². The lowest BCUT2D eigenvalue weighted by Gasteiger charge is -2.18. The Morgan fingerprint density at radius 1 is 0.966 bits per heavy atom. The smallest absolute Gasteiger partial charge is 0.472 e. The van der Waals surface area contributed by atoms with Gasteiger partial charge in [0.1, 0.15) is 0 Å². The summed E-state index contributed by atoms with van der Waals surface area (Å²) in [5, 5.41) is 19.3. The quantitative estimate of drug-likeness (QED) is 0.154. The van der Waals surface area contributed by atoms with Crippen LogP contribution in [-0.4, -0.2) is 46.9 Å². The summed E-state index contributed by atoms with van der Waals surface area (Å²) in [5.41, 5.74) is 5.18. The van der Waals surface area contributed by atoms with Crippen molar-refractivity contribution < 1.29 is 33.5 Å². The number of unbranched alkanes of at least 4 members (excludes halogenated alkanes) is 10. The van der Waals surface area contributed by atoms with Gasteiger partial charge in [-0.2, -0.15) is 0 Å². The summed E-state index contributed by atoms with van der Waals surface area (Å²) < 4.78 is 20.7. The van der Waals surface area contributed by atoms with Gasteiger partial charge in [-0.05, 0) is 12.8 Å². The normalized spacial score (nSPS) is 15.7. The first-order valence-corrected chi connectivity index (χ1v) is 12.5. The van der Waals surface area contributed by atoms with Gasteiger partial charge in [-0.1, -0.05) is 77.6 Å². The van der Waals surface area contributed by atoms with Gasteiger partial charge in [-0.15, -0.1) is 0 Å². The average Bonchev–Trinajstić information content (AvgIpc) is 2.68. The molecule has 0 fully saturated rings. The van der Waals surface area contributed by atoms with Crippen molar-refractivity contribution in [1.29, 1.82) is 0 Å². The van der Waals surface area contributed by atoms with E-state index in [1.165, 1.54) is 51.4 Å². The molecule has 29 heavy (non-hydrogen) atoms. The summed E-state index contributed by atoms with van der Waals surface area (Å²) in [4.78, 5) is 20.8. The maximum atomic E-state index is 11.5. The second kappa shape index (κ2) is 18.3. The molecular formula is C20H42NO7P. The summed E-state index contributed by atoms with van der Waals surface area (Å²) in [6, 6.07) is 0. The van der Waals surface area contributed by atoms with Crippen LogP contribution in [-0.2, 0) is 18.4 Å². The van der Waals surface area contributed by atoms with Gasteiger partial charge in [0.2, 0.25) is 0 Å². The Bertz CT molecular complexity index is 451. The molecule has 0 aliphatic carbocycles. The summed E-state index contributed by atoms with van der Waals surface area (Å²) in [5.74, 6) is -1.67. The third-order valence-electron chi connectivity index (χ3n) is 4.86. The van der Waals surface area contributed by atoms with E-state index in [0.717, 1.165) is 19.3 Å². The Morgan fingerprint density at radius 3 is 1.97 bits per heavy atom. The molecule has 9 heteroatoms. The van der Waals surface area contributed by atoms with Gasteiger partial charge in [-0.25, -0.2) is 4.57 Å². The summed E-state index contributed by atoms with van der Waals surface area (Å²) >= 11 is 0. The van der Waals surface area contributed by atoms with Gasteiger partial charge in [0, 0.05) is 6.54 Å². The predicted octanol–water partition coefficient (Wildman–Crippen LogP) is 4.23. The highest BCUT2D eigenvalue weighted by Gasteiger charge is 2.25. The monoisotopic (exact) mass is 439 g/mol. The van der Waals surface area contributed by atoms with Crippen LogP contribution < -0.4 is 5.73 Å². The number of aliphatic hydroxyl groups excluding tert-OH is 1. The number of carbonyl (C=O) groups is 1. The van der Waals surface area contributed by atoms with Crippen molar-refractivity contribution in [2.75, 3.05) is 19.8 Å². The molecule has 3 unspecified atom stereocenters. The van der Waals surface area contributed by atoms with Crippen LogP contribution in [0.25, 0.3) is 0 Å². The molecule has 0 aromatic rings. The van der Waals surface area contributed by atoms with E-state index in [4.69, 9.17) is 5.73 Å². The Labute approximate surface area is 175 Å². The number of carboxylic acid groups (broad SMARTS) is 1. The highest BCUT2D eigenvalue weighted by atomic mass is 31.2. The van der Waals surface area contributed by atoms with Crippen molar-refractivity contribution in [3.8, 4) is 0 Å². The first-order valence-electron chi connectivity index (χ1n) is 11.0. The molecule has 0 aromatic carbocycles. The molecule has 0 aliphatic rings. The van der Waals surface area contributed by atoms with Gasteiger partial charge in [0.25, 0.3) is 0 Å². The summed E-state index contributed by atoms with van der Waals surface area (Å²) in [6.07, 6.45) is 12.4. The number of rotatable bonds is 21. The number of carboxylic acids is 1. The van der Waals surface area contributed by atoms with Crippen LogP contribution in [0.3, 0.4) is 0 Å². The number of nitrogens with two attached hydrogens (primary N) is 1. The molecule has 5 N–H and O–H groups in total. The minimum atomic E-state index is -4.27. The van der Waals surface area contributed by atoms with Crippen LogP contribution in [0.5, 0.6) is 0 Å². The minimum Gasteiger partial charge on any atom is -0.481 e. The standard InChI is InChI=1S/C20H42NO7P/c1-2-3-4-5-6-7-8-9-10-11-12-13-18(20(23)24)16-19(22)17-28-29(25,26)27-15-14-21/h18-19,22H,2-17,21H2,1H3,(H,23,24)(H,25,26). The SMILES string of the molecule is CCCCCCCCCCCCCC(CC(O)COP(=O)(O)OCCN)C(=O)O. The number of hydrogen-bond donors (Lipinski definition) is 4. The van der Waals surface area contributed by atoms with E-state index in [9.17, 15) is 24.5 Å². The average molecular weight is 440 g/mol. The molecule has 0 aromatic heterocycles. The molecule has 0 rings (SSSR count). The molecule has 0 saturated carbocycles. The number of aliphatic hydroxyl groups is 1. The maximum absolute atomic E-state index is 11.5. The van der Waals surface area contributed by atoms with E-state index in [1.807, 2.05) is 0 Å². The molecule has 0 bridgehead atoms. The molecule has 0 saturated heterocycles. The van der Waals surface area contributed by atoms with Crippen LogP contribution in [0, 0.1) is 5.92 Å². The fourth-order valence-electron chi connectivity index (χ4n) is 3.18. The largest absolute Gasteiger partial charge is 0.481 e. The van der Waals surface area contributed by atoms with Crippen LogP contribution in [0.1, 0.15) is 90.4 Å².